The molecule has 0 aliphatic carbocycles. The SMILES string of the molecule is CCCN1C[C@H](C)[C@H](OC)CN(C)C(=O)c2cc(NS(=O)(=O)CC)ccc2OC[C@H]1C. The van der Waals surface area contributed by atoms with Crippen LogP contribution in [0, 0.1) is 5.92 Å². The van der Waals surface area contributed by atoms with Crippen LogP contribution in [-0.2, 0) is 14.8 Å². The molecule has 176 valence electrons. The van der Waals surface area contributed by atoms with Gasteiger partial charge in [-0.15, -0.1) is 0 Å². The van der Waals surface area contributed by atoms with Gasteiger partial charge in [-0.3, -0.25) is 14.4 Å². The van der Waals surface area contributed by atoms with Gasteiger partial charge < -0.3 is 14.4 Å². The number of hydrogen-bond donors (Lipinski definition) is 1. The number of benzene rings is 1. The first-order chi connectivity index (χ1) is 14.6. The fourth-order valence-electron chi connectivity index (χ4n) is 3.77. The molecule has 1 aromatic rings. The van der Waals surface area contributed by atoms with E-state index >= 15 is 0 Å². The van der Waals surface area contributed by atoms with E-state index < -0.39 is 10.0 Å². The van der Waals surface area contributed by atoms with Crippen LogP contribution >= 0.6 is 0 Å². The number of carbonyl (C=O) groups is 1. The van der Waals surface area contributed by atoms with E-state index in [0.29, 0.717) is 30.2 Å². The van der Waals surface area contributed by atoms with Gasteiger partial charge in [-0.05, 0) is 50.9 Å². The molecule has 2 rings (SSSR count). The predicted molar refractivity (Wildman–Crippen MR) is 123 cm³/mol. The van der Waals surface area contributed by atoms with Crippen molar-refractivity contribution in [1.82, 2.24) is 9.80 Å². The monoisotopic (exact) mass is 455 g/mol. The first kappa shape index (κ1) is 25.4. The van der Waals surface area contributed by atoms with Crippen molar-refractivity contribution in [2.45, 2.75) is 46.3 Å². The zero-order valence-electron chi connectivity index (χ0n) is 19.6. The average molecular weight is 456 g/mol. The molecule has 1 heterocycles. The van der Waals surface area contributed by atoms with Gasteiger partial charge in [-0.25, -0.2) is 8.42 Å². The Hall–Kier alpha value is -1.84. The van der Waals surface area contributed by atoms with Crippen molar-refractivity contribution in [3.63, 3.8) is 0 Å². The molecule has 1 aliphatic heterocycles. The lowest BCUT2D eigenvalue weighted by Crippen LogP contribution is -2.46. The summed E-state index contributed by atoms with van der Waals surface area (Å²) in [4.78, 5) is 17.3. The zero-order valence-corrected chi connectivity index (χ0v) is 20.4. The molecule has 31 heavy (non-hydrogen) atoms. The number of fused-ring (bicyclic) bond motifs is 1. The van der Waals surface area contributed by atoms with Crippen molar-refractivity contribution in [2.75, 3.05) is 50.9 Å². The smallest absolute Gasteiger partial charge is 0.257 e. The fraction of sp³-hybridized carbons (Fsp3) is 0.682. The minimum absolute atomic E-state index is 0.0490. The molecule has 0 spiro atoms. The highest BCUT2D eigenvalue weighted by atomic mass is 32.2. The Balaban J connectivity index is 2.44. The maximum Gasteiger partial charge on any atom is 0.257 e. The van der Waals surface area contributed by atoms with Gasteiger partial charge in [0.15, 0.2) is 0 Å². The van der Waals surface area contributed by atoms with E-state index in [2.05, 4.69) is 30.4 Å². The Bertz CT molecular complexity index is 846. The third-order valence-electron chi connectivity index (χ3n) is 5.74. The van der Waals surface area contributed by atoms with Crippen LogP contribution in [0.2, 0.25) is 0 Å². The van der Waals surface area contributed by atoms with E-state index in [1.54, 1.807) is 44.2 Å². The summed E-state index contributed by atoms with van der Waals surface area (Å²) in [6.07, 6.45) is 0.913. The highest BCUT2D eigenvalue weighted by Crippen LogP contribution is 2.27. The summed E-state index contributed by atoms with van der Waals surface area (Å²) in [5.74, 6) is 0.380. The number of ether oxygens (including phenoxy) is 2. The number of rotatable bonds is 6. The molecule has 0 saturated heterocycles. The van der Waals surface area contributed by atoms with Gasteiger partial charge in [0.25, 0.3) is 5.91 Å². The molecule has 1 N–H and O–H groups in total. The lowest BCUT2D eigenvalue weighted by atomic mass is 10.0. The average Bonchev–Trinajstić information content (AvgIpc) is 2.74. The molecule has 0 saturated carbocycles. The third-order valence-corrected chi connectivity index (χ3v) is 7.04. The summed E-state index contributed by atoms with van der Waals surface area (Å²) in [6.45, 7) is 10.6. The summed E-state index contributed by atoms with van der Waals surface area (Å²) in [7, 11) is -0.0525. The van der Waals surface area contributed by atoms with Crippen LogP contribution in [-0.4, -0.2) is 82.4 Å². The van der Waals surface area contributed by atoms with Gasteiger partial charge in [0, 0.05) is 39.0 Å². The molecular weight excluding hydrogens is 418 g/mol. The third kappa shape index (κ3) is 6.82. The van der Waals surface area contributed by atoms with Crippen molar-refractivity contribution in [3.05, 3.63) is 23.8 Å². The molecule has 1 amide bonds. The predicted octanol–water partition coefficient (Wildman–Crippen LogP) is 2.66. The van der Waals surface area contributed by atoms with Gasteiger partial charge in [0.1, 0.15) is 12.4 Å². The van der Waals surface area contributed by atoms with Gasteiger partial charge >= 0.3 is 0 Å². The number of nitrogens with one attached hydrogen (secondary N) is 1. The Morgan fingerprint density at radius 2 is 1.94 bits per heavy atom. The second-order valence-electron chi connectivity index (χ2n) is 8.31. The Kier molecular flexibility index (Phi) is 9.14. The number of carbonyl (C=O) groups excluding carboxylic acids is 1. The van der Waals surface area contributed by atoms with Crippen LogP contribution < -0.4 is 9.46 Å². The summed E-state index contributed by atoms with van der Waals surface area (Å²) in [5, 5.41) is 0. The van der Waals surface area contributed by atoms with Gasteiger partial charge in [0.05, 0.1) is 17.4 Å². The maximum atomic E-state index is 13.3. The highest BCUT2D eigenvalue weighted by molar-refractivity contribution is 7.92. The van der Waals surface area contributed by atoms with Gasteiger partial charge in [0.2, 0.25) is 10.0 Å². The molecule has 0 fully saturated rings. The number of likely N-dealkylation sites (N-methyl/N-ethyl adjacent to an activating group) is 1. The number of nitrogens with zero attached hydrogens (tertiary/aromatic N) is 2. The van der Waals surface area contributed by atoms with Gasteiger partial charge in [-0.1, -0.05) is 13.8 Å². The van der Waals surface area contributed by atoms with Crippen LogP contribution in [0.1, 0.15) is 44.5 Å². The van der Waals surface area contributed by atoms with Crippen molar-refractivity contribution < 1.29 is 22.7 Å². The number of anilines is 1. The van der Waals surface area contributed by atoms with Crippen molar-refractivity contribution in [2.24, 2.45) is 5.92 Å². The van der Waals surface area contributed by atoms with Crippen LogP contribution in [0.5, 0.6) is 5.75 Å². The lowest BCUT2D eigenvalue weighted by Gasteiger charge is -2.35. The van der Waals surface area contributed by atoms with Crippen molar-refractivity contribution >= 4 is 21.6 Å². The summed E-state index contributed by atoms with van der Waals surface area (Å²) in [6, 6.07) is 4.98. The highest BCUT2D eigenvalue weighted by Gasteiger charge is 2.28. The molecule has 0 radical (unpaired) electrons. The minimum Gasteiger partial charge on any atom is -0.491 e. The van der Waals surface area contributed by atoms with Crippen LogP contribution in [0.3, 0.4) is 0 Å². The zero-order chi connectivity index (χ0) is 23.2. The maximum absolute atomic E-state index is 13.3. The molecular formula is C22H37N3O5S. The van der Waals surface area contributed by atoms with E-state index in [-0.39, 0.29) is 29.7 Å². The number of amides is 1. The van der Waals surface area contributed by atoms with Gasteiger partial charge in [-0.2, -0.15) is 0 Å². The van der Waals surface area contributed by atoms with Crippen LogP contribution in [0.15, 0.2) is 18.2 Å². The van der Waals surface area contributed by atoms with Crippen molar-refractivity contribution in [1.29, 1.82) is 0 Å². The molecule has 0 unspecified atom stereocenters. The second kappa shape index (κ2) is 11.2. The molecule has 0 bridgehead atoms. The molecule has 8 nitrogen and oxygen atoms in total. The van der Waals surface area contributed by atoms with E-state index in [9.17, 15) is 13.2 Å². The standard InChI is InChI=1S/C22H37N3O5S/c1-7-11-25-13-16(3)21(29-6)14-24(5)22(26)19-12-18(23-31(27,28)8-2)9-10-20(19)30-15-17(25)4/h9-10,12,16-17,21,23H,7-8,11,13-15H2,1-6H3/t16-,17+,21+/m0/s1. The molecule has 3 atom stereocenters. The Morgan fingerprint density at radius 1 is 1.23 bits per heavy atom. The molecule has 1 aliphatic rings. The fourth-order valence-corrected chi connectivity index (χ4v) is 4.40. The molecule has 1 aromatic carbocycles. The largest absolute Gasteiger partial charge is 0.491 e. The quantitative estimate of drug-likeness (QED) is 0.710. The molecule has 0 aromatic heterocycles. The Labute approximate surface area is 186 Å². The first-order valence-electron chi connectivity index (χ1n) is 10.9. The summed E-state index contributed by atoms with van der Waals surface area (Å²) >= 11 is 0. The number of hydrogen-bond acceptors (Lipinski definition) is 6. The van der Waals surface area contributed by atoms with Crippen LogP contribution in [0.25, 0.3) is 0 Å². The van der Waals surface area contributed by atoms with E-state index in [0.717, 1.165) is 19.5 Å². The van der Waals surface area contributed by atoms with Crippen LogP contribution in [0.4, 0.5) is 5.69 Å². The lowest BCUT2D eigenvalue weighted by molar-refractivity contribution is 0.0108. The number of methoxy groups -OCH3 is 1. The topological polar surface area (TPSA) is 88.2 Å². The minimum atomic E-state index is -3.45. The number of sulfonamides is 1. The van der Waals surface area contributed by atoms with E-state index in [1.165, 1.54) is 0 Å². The van der Waals surface area contributed by atoms with Crippen molar-refractivity contribution in [3.8, 4) is 5.75 Å². The summed E-state index contributed by atoms with van der Waals surface area (Å²) in [5.41, 5.74) is 0.673. The Morgan fingerprint density at radius 3 is 2.55 bits per heavy atom. The normalized spacial score (nSPS) is 24.0. The summed E-state index contributed by atoms with van der Waals surface area (Å²) < 4.78 is 38.3. The van der Waals surface area contributed by atoms with E-state index in [4.69, 9.17) is 9.47 Å². The molecule has 9 heteroatoms. The van der Waals surface area contributed by atoms with E-state index in [1.807, 2.05) is 0 Å². The first-order valence-corrected chi connectivity index (χ1v) is 12.6. The second-order valence-corrected chi connectivity index (χ2v) is 10.3.